The minimum atomic E-state index is -4.78. The first kappa shape index (κ1) is 38.3. The third-order valence-electron chi connectivity index (χ3n) is 12.2. The van der Waals surface area contributed by atoms with Gasteiger partial charge in [0.2, 0.25) is 0 Å². The quantitative estimate of drug-likeness (QED) is 0.168. The molecule has 4 nitrogen and oxygen atoms in total. The Balaban J connectivity index is 1.22. The van der Waals surface area contributed by atoms with Crippen LogP contribution in [0.2, 0.25) is 0 Å². The van der Waals surface area contributed by atoms with Gasteiger partial charge < -0.3 is 9.13 Å². The Hall–Kier alpha value is -8.65. The second-order valence-electron chi connectivity index (χ2n) is 15.8. The van der Waals surface area contributed by atoms with E-state index in [2.05, 4.69) is 94.1 Å². The molecule has 7 heteroatoms. The number of fused-ring (bicyclic) bond motifs is 6. The van der Waals surface area contributed by atoms with E-state index < -0.39 is 11.7 Å². The lowest BCUT2D eigenvalue weighted by atomic mass is 9.89. The lowest BCUT2D eigenvalue weighted by molar-refractivity contribution is -0.137. The molecular formula is C57H33F3N4. The minimum Gasteiger partial charge on any atom is -0.309 e. The van der Waals surface area contributed by atoms with Crippen LogP contribution in [-0.2, 0) is 6.18 Å². The summed E-state index contributed by atoms with van der Waals surface area (Å²) in [7, 11) is 0. The van der Waals surface area contributed by atoms with E-state index in [9.17, 15) is 10.5 Å². The highest BCUT2D eigenvalue weighted by Crippen LogP contribution is 2.46. The first-order chi connectivity index (χ1) is 31.3. The van der Waals surface area contributed by atoms with Crippen molar-refractivity contribution < 1.29 is 13.2 Å². The SMILES string of the molecule is N#Cc1ccc(-n2c3ccccc3c3cc(-c4ccccc4)ccc32)c(-c2cc(-n3c4ccccc4c4cc(-c5ccccc5)ccc43)ccc2-c2ccc(C#N)cc2C(F)(F)F)c1. The smallest absolute Gasteiger partial charge is 0.309 e. The molecule has 9 aromatic carbocycles. The van der Waals surface area contributed by atoms with E-state index in [1.807, 2.05) is 91.0 Å². The zero-order chi connectivity index (χ0) is 43.5. The summed E-state index contributed by atoms with van der Waals surface area (Å²) in [5.41, 5.74) is 9.95. The van der Waals surface area contributed by atoms with Crippen molar-refractivity contribution in [3.05, 3.63) is 217 Å². The topological polar surface area (TPSA) is 57.4 Å². The van der Waals surface area contributed by atoms with Crippen LogP contribution in [0.5, 0.6) is 0 Å². The summed E-state index contributed by atoms with van der Waals surface area (Å²) in [4.78, 5) is 0. The summed E-state index contributed by atoms with van der Waals surface area (Å²) in [5.74, 6) is 0. The number of rotatable bonds is 6. The lowest BCUT2D eigenvalue weighted by Crippen LogP contribution is -2.08. The highest BCUT2D eigenvalue weighted by Gasteiger charge is 2.35. The summed E-state index contributed by atoms with van der Waals surface area (Å²) in [6.45, 7) is 0. The van der Waals surface area contributed by atoms with E-state index in [0.717, 1.165) is 77.6 Å². The first-order valence-corrected chi connectivity index (χ1v) is 20.8. The van der Waals surface area contributed by atoms with Crippen molar-refractivity contribution in [1.82, 2.24) is 9.13 Å². The monoisotopic (exact) mass is 830 g/mol. The standard InChI is InChI=1S/C57H33F3N4/c58-57(59,60)51-30-37(35-62)19-24-44(51)43-25-23-42(63-52-17-9-7-15-45(52)49-31-40(21-27-54(49)63)38-11-3-1-4-12-38)33-47(43)48-29-36(34-61)20-26-55(48)64-53-18-10-8-16-46(53)50-32-41(22-28-56(50)64)39-13-5-2-6-14-39/h1-33H. The molecule has 11 aromatic rings. The van der Waals surface area contributed by atoms with Crippen molar-refractivity contribution >= 4 is 43.6 Å². The number of benzene rings is 9. The molecule has 0 amide bonds. The number of nitrogens with zero attached hydrogens (tertiary/aromatic N) is 4. The number of alkyl halides is 3. The van der Waals surface area contributed by atoms with Gasteiger partial charge in [-0.25, -0.2) is 0 Å². The molecule has 0 spiro atoms. The third-order valence-corrected chi connectivity index (χ3v) is 12.2. The van der Waals surface area contributed by atoms with Gasteiger partial charge >= 0.3 is 6.18 Å². The van der Waals surface area contributed by atoms with Gasteiger partial charge in [-0.3, -0.25) is 0 Å². The van der Waals surface area contributed by atoms with Gasteiger partial charge in [0.15, 0.2) is 0 Å². The number of para-hydroxylation sites is 2. The van der Waals surface area contributed by atoms with Gasteiger partial charge in [0.25, 0.3) is 0 Å². The van der Waals surface area contributed by atoms with E-state index in [1.165, 1.54) is 12.1 Å². The molecule has 0 N–H and O–H groups in total. The van der Waals surface area contributed by atoms with E-state index in [-0.39, 0.29) is 11.1 Å². The highest BCUT2D eigenvalue weighted by atomic mass is 19.4. The largest absolute Gasteiger partial charge is 0.417 e. The van der Waals surface area contributed by atoms with E-state index >= 15 is 13.2 Å². The number of nitriles is 2. The molecule has 2 aromatic heterocycles. The second-order valence-corrected chi connectivity index (χ2v) is 15.8. The van der Waals surface area contributed by atoms with Crippen LogP contribution in [0.25, 0.3) is 99.5 Å². The second kappa shape index (κ2) is 15.1. The molecule has 0 aliphatic heterocycles. The van der Waals surface area contributed by atoms with Crippen LogP contribution in [0.1, 0.15) is 16.7 Å². The summed E-state index contributed by atoms with van der Waals surface area (Å²) in [6, 6.07) is 68.1. The molecule has 0 aliphatic rings. The summed E-state index contributed by atoms with van der Waals surface area (Å²) in [6.07, 6.45) is -4.78. The predicted octanol–water partition coefficient (Wildman–Crippen LogP) is 15.3. The fraction of sp³-hybridized carbons (Fsp3) is 0.0175. The predicted molar refractivity (Wildman–Crippen MR) is 251 cm³/mol. The Morgan fingerprint density at radius 2 is 0.859 bits per heavy atom. The van der Waals surface area contributed by atoms with Gasteiger partial charge in [0, 0.05) is 32.8 Å². The van der Waals surface area contributed by atoms with Crippen molar-refractivity contribution in [3.8, 4) is 68.0 Å². The molecular weight excluding hydrogens is 798 g/mol. The van der Waals surface area contributed by atoms with Crippen molar-refractivity contribution in [2.45, 2.75) is 6.18 Å². The number of aromatic nitrogens is 2. The zero-order valence-corrected chi connectivity index (χ0v) is 34.0. The molecule has 0 atom stereocenters. The Morgan fingerprint density at radius 3 is 1.45 bits per heavy atom. The average molecular weight is 831 g/mol. The maximum Gasteiger partial charge on any atom is 0.417 e. The van der Waals surface area contributed by atoms with Gasteiger partial charge in [-0.05, 0) is 118 Å². The Bertz CT molecular complexity index is 3730. The van der Waals surface area contributed by atoms with Crippen molar-refractivity contribution in [3.63, 3.8) is 0 Å². The first-order valence-electron chi connectivity index (χ1n) is 20.8. The molecule has 0 aliphatic carbocycles. The zero-order valence-electron chi connectivity index (χ0n) is 34.0. The maximum absolute atomic E-state index is 15.2. The molecule has 11 rings (SSSR count). The summed E-state index contributed by atoms with van der Waals surface area (Å²) in [5, 5.41) is 24.2. The van der Waals surface area contributed by atoms with Crippen LogP contribution in [0.15, 0.2) is 200 Å². The van der Waals surface area contributed by atoms with Gasteiger partial charge in [-0.2, -0.15) is 23.7 Å². The Morgan fingerprint density at radius 1 is 0.359 bits per heavy atom. The summed E-state index contributed by atoms with van der Waals surface area (Å²) < 4.78 is 49.8. The maximum atomic E-state index is 15.2. The van der Waals surface area contributed by atoms with Gasteiger partial charge in [-0.1, -0.05) is 121 Å². The van der Waals surface area contributed by atoms with Crippen LogP contribution in [0.3, 0.4) is 0 Å². The molecule has 0 saturated heterocycles. The number of hydrogen-bond acceptors (Lipinski definition) is 2. The molecule has 302 valence electrons. The van der Waals surface area contributed by atoms with Crippen LogP contribution in [0, 0.1) is 22.7 Å². The van der Waals surface area contributed by atoms with Crippen molar-refractivity contribution in [2.75, 3.05) is 0 Å². The van der Waals surface area contributed by atoms with Gasteiger partial charge in [0.1, 0.15) is 0 Å². The normalized spacial score (nSPS) is 11.6. The fourth-order valence-electron chi connectivity index (χ4n) is 9.33. The molecule has 0 bridgehead atoms. The Kier molecular flexibility index (Phi) is 9.01. The number of hydrogen-bond donors (Lipinski definition) is 0. The van der Waals surface area contributed by atoms with Crippen molar-refractivity contribution in [1.29, 1.82) is 10.5 Å². The van der Waals surface area contributed by atoms with Crippen LogP contribution in [-0.4, -0.2) is 9.13 Å². The van der Waals surface area contributed by atoms with E-state index in [4.69, 9.17) is 0 Å². The van der Waals surface area contributed by atoms with Crippen LogP contribution in [0.4, 0.5) is 13.2 Å². The highest BCUT2D eigenvalue weighted by molar-refractivity contribution is 6.12. The van der Waals surface area contributed by atoms with E-state index in [1.54, 1.807) is 18.2 Å². The molecule has 64 heavy (non-hydrogen) atoms. The van der Waals surface area contributed by atoms with E-state index in [0.29, 0.717) is 27.9 Å². The molecule has 0 unspecified atom stereocenters. The van der Waals surface area contributed by atoms with Crippen molar-refractivity contribution in [2.24, 2.45) is 0 Å². The molecule has 0 saturated carbocycles. The fourth-order valence-corrected chi connectivity index (χ4v) is 9.33. The lowest BCUT2D eigenvalue weighted by Gasteiger charge is -2.21. The average Bonchev–Trinajstić information content (AvgIpc) is 3.86. The van der Waals surface area contributed by atoms with Crippen LogP contribution >= 0.6 is 0 Å². The third kappa shape index (κ3) is 6.30. The number of halogens is 3. The van der Waals surface area contributed by atoms with Gasteiger partial charge in [-0.15, -0.1) is 0 Å². The minimum absolute atomic E-state index is 0.0780. The molecule has 2 heterocycles. The molecule has 0 radical (unpaired) electrons. The van der Waals surface area contributed by atoms with Gasteiger partial charge in [0.05, 0.1) is 56.6 Å². The summed E-state index contributed by atoms with van der Waals surface area (Å²) >= 11 is 0. The molecule has 0 fully saturated rings. The Labute approximate surface area is 366 Å². The van der Waals surface area contributed by atoms with Crippen LogP contribution < -0.4 is 0 Å².